The molecule has 2 radical (unpaired) electrons. The van der Waals surface area contributed by atoms with E-state index in [1.165, 1.54) is 116 Å². The Morgan fingerprint density at radius 3 is 1.31 bits per heavy atom. The van der Waals surface area contributed by atoms with Crippen molar-refractivity contribution in [2.75, 3.05) is 18.5 Å². The van der Waals surface area contributed by atoms with Crippen LogP contribution in [-0.2, 0) is 0 Å². The first-order valence-electron chi connectivity index (χ1n) is 15.1. The zero-order valence-electron chi connectivity index (χ0n) is 24.3. The molecule has 208 valence electrons. The summed E-state index contributed by atoms with van der Waals surface area (Å²) >= 11 is 0. The summed E-state index contributed by atoms with van der Waals surface area (Å²) in [4.78, 5) is 13.5. The van der Waals surface area contributed by atoms with Crippen molar-refractivity contribution in [2.45, 2.75) is 136 Å². The molecule has 0 aliphatic heterocycles. The van der Waals surface area contributed by atoms with Gasteiger partial charge in [-0.2, -0.15) is 0 Å². The van der Waals surface area contributed by atoms with E-state index in [1.54, 1.807) is 4.78 Å². The third-order valence-corrected chi connectivity index (χ3v) is 12.0. The van der Waals surface area contributed by atoms with Gasteiger partial charge in [0.15, 0.2) is 0 Å². The number of unbranched alkanes of at least 4 members (excludes halogenated alkanes) is 15. The first kappa shape index (κ1) is 35.9. The molecule has 1 aromatic carbocycles. The van der Waals surface area contributed by atoms with Crippen molar-refractivity contribution in [1.29, 1.82) is 0 Å². The molecule has 0 aliphatic rings. The maximum atomic E-state index is 13.5. The molecule has 2 N–H and O–H groups in total. The first-order valence-corrected chi connectivity index (χ1v) is 17.4. The van der Waals surface area contributed by atoms with Crippen LogP contribution in [0.5, 0.6) is 0 Å². The van der Waals surface area contributed by atoms with Gasteiger partial charge < -0.3 is 0 Å². The topological polar surface area (TPSA) is 46.3 Å². The molecule has 0 fully saturated rings. The number of hydrogen-bond acceptors (Lipinski definition) is 2. The summed E-state index contributed by atoms with van der Waals surface area (Å²) in [6, 6.07) is 9.74. The summed E-state index contributed by atoms with van der Waals surface area (Å²) in [7, 11) is -1.71. The molecule has 0 aliphatic carbocycles. The fourth-order valence-corrected chi connectivity index (χ4v) is 9.38. The van der Waals surface area contributed by atoms with Gasteiger partial charge in [0.05, 0.1) is 18.5 Å². The molecule has 0 saturated carbocycles. The monoisotopic (exact) mass is 627 g/mol. The Morgan fingerprint density at radius 1 is 0.611 bits per heavy atom. The fraction of sp³-hybridized carbons (Fsp3) is 0.774. The number of nitrogens with zero attached hydrogens (tertiary/aromatic N) is 1. The predicted octanol–water partition coefficient (Wildman–Crippen LogP) is 9.10. The molecule has 1 amide bonds. The van der Waals surface area contributed by atoms with E-state index in [0.717, 1.165) is 24.0 Å². The SMILES string of the molecule is CCCCCCCC[P+](CCCCCCCC)(CCCCCCCC)N(N)C(=O)c1ccccc1.[SnH2]. The second-order valence-corrected chi connectivity index (χ2v) is 14.5. The number of rotatable bonds is 23. The zero-order valence-corrected chi connectivity index (χ0v) is 29.3. The second kappa shape index (κ2) is 24.0. The number of hydrazine groups is 1. The number of nitrogens with two attached hydrogens (primary N) is 1. The van der Waals surface area contributed by atoms with Crippen LogP contribution in [0, 0.1) is 0 Å². The number of carbonyl (C=O) groups is 1. The van der Waals surface area contributed by atoms with Gasteiger partial charge >= 0.3 is 29.8 Å². The van der Waals surface area contributed by atoms with Crippen molar-refractivity contribution < 1.29 is 4.79 Å². The summed E-state index contributed by atoms with van der Waals surface area (Å²) in [6.07, 6.45) is 26.8. The van der Waals surface area contributed by atoms with Gasteiger partial charge in [0, 0.05) is 5.56 Å². The van der Waals surface area contributed by atoms with E-state index in [1.807, 2.05) is 30.3 Å². The Kier molecular flexibility index (Phi) is 23.9. The maximum absolute atomic E-state index is 13.5. The van der Waals surface area contributed by atoms with Crippen molar-refractivity contribution in [3.63, 3.8) is 0 Å². The van der Waals surface area contributed by atoms with Crippen LogP contribution in [-0.4, -0.2) is 53.1 Å². The van der Waals surface area contributed by atoms with E-state index in [2.05, 4.69) is 20.8 Å². The molecule has 5 heteroatoms. The summed E-state index contributed by atoms with van der Waals surface area (Å²) in [5.74, 6) is 6.89. The average Bonchev–Trinajstić information content (AvgIpc) is 2.89. The van der Waals surface area contributed by atoms with Gasteiger partial charge in [0.25, 0.3) is 0 Å². The van der Waals surface area contributed by atoms with Crippen LogP contribution in [0.15, 0.2) is 30.3 Å². The van der Waals surface area contributed by atoms with Crippen LogP contribution in [0.2, 0.25) is 0 Å². The van der Waals surface area contributed by atoms with E-state index in [-0.39, 0.29) is 29.8 Å². The Morgan fingerprint density at radius 2 is 0.944 bits per heavy atom. The van der Waals surface area contributed by atoms with Gasteiger partial charge in [-0.25, -0.2) is 5.84 Å². The van der Waals surface area contributed by atoms with E-state index in [4.69, 9.17) is 5.84 Å². The van der Waals surface area contributed by atoms with Gasteiger partial charge in [-0.15, -0.1) is 4.78 Å². The Balaban J connectivity index is 0.0000122. The number of hydrogen-bond donors (Lipinski definition) is 1. The van der Waals surface area contributed by atoms with Gasteiger partial charge in [0.2, 0.25) is 0 Å². The van der Waals surface area contributed by atoms with Crippen molar-refractivity contribution in [2.24, 2.45) is 5.84 Å². The molecule has 0 bridgehead atoms. The van der Waals surface area contributed by atoms with Gasteiger partial charge in [-0.1, -0.05) is 116 Å². The van der Waals surface area contributed by atoms with Gasteiger partial charge in [-0.05, 0) is 50.7 Å². The molecule has 1 rings (SSSR count). The van der Waals surface area contributed by atoms with Crippen molar-refractivity contribution in [1.82, 2.24) is 4.78 Å². The quantitative estimate of drug-likeness (QED) is 0.0329. The Labute approximate surface area is 242 Å². The third kappa shape index (κ3) is 15.3. The summed E-state index contributed by atoms with van der Waals surface area (Å²) < 4.78 is 1.80. The van der Waals surface area contributed by atoms with Crippen molar-refractivity contribution in [3.05, 3.63) is 35.9 Å². The molecule has 0 atom stereocenters. The molecule has 0 aromatic heterocycles. The van der Waals surface area contributed by atoms with Crippen LogP contribution >= 0.6 is 7.41 Å². The number of carbonyl (C=O) groups excluding carboxylic acids is 1. The Bertz CT molecular complexity index is 587. The van der Waals surface area contributed by atoms with Crippen molar-refractivity contribution >= 4 is 37.2 Å². The van der Waals surface area contributed by atoms with Crippen LogP contribution in [0.3, 0.4) is 0 Å². The molecule has 3 nitrogen and oxygen atoms in total. The van der Waals surface area contributed by atoms with E-state index < -0.39 is 7.41 Å². The number of benzene rings is 1. The molecular formula is C31H60N2OPSn+. The molecule has 0 saturated heterocycles. The molecule has 0 spiro atoms. The predicted molar refractivity (Wildman–Crippen MR) is 167 cm³/mol. The first-order chi connectivity index (χ1) is 17.1. The van der Waals surface area contributed by atoms with E-state index in [9.17, 15) is 4.79 Å². The second-order valence-electron chi connectivity index (χ2n) is 10.6. The molecule has 0 heterocycles. The summed E-state index contributed by atoms with van der Waals surface area (Å²) in [5.41, 5.74) is 0.744. The van der Waals surface area contributed by atoms with Crippen LogP contribution in [0.25, 0.3) is 0 Å². The van der Waals surface area contributed by atoms with Crippen LogP contribution in [0.4, 0.5) is 0 Å². The fourth-order valence-electron chi connectivity index (χ4n) is 5.12. The van der Waals surface area contributed by atoms with Gasteiger partial charge in [0.1, 0.15) is 7.41 Å². The third-order valence-electron chi connectivity index (χ3n) is 7.47. The van der Waals surface area contributed by atoms with Gasteiger partial charge in [-0.3, -0.25) is 4.79 Å². The van der Waals surface area contributed by atoms with Crippen LogP contribution < -0.4 is 5.84 Å². The molecule has 36 heavy (non-hydrogen) atoms. The zero-order chi connectivity index (χ0) is 25.6. The Hall–Kier alpha value is -0.121. The normalized spacial score (nSPS) is 11.3. The number of amides is 1. The minimum atomic E-state index is -1.71. The molecule has 1 aromatic rings. The summed E-state index contributed by atoms with van der Waals surface area (Å²) in [5, 5.41) is 0. The summed E-state index contributed by atoms with van der Waals surface area (Å²) in [6.45, 7) is 6.83. The standard InChI is InChI=1S/C31H58N2OP.Sn.2H/c1-4-7-10-13-16-22-27-35(28-23-17-14-11-8-5-2,29-24-18-15-12-9-6-3)33(32)31(34)30-25-20-19-21-26-30;;;/h19-21,25-26H,4-18,22-24,27-29,32H2,1-3H3;;;/q+1;;;. The average molecular weight is 627 g/mol. The van der Waals surface area contributed by atoms with Crippen LogP contribution in [0.1, 0.15) is 147 Å². The van der Waals surface area contributed by atoms with Crippen molar-refractivity contribution in [3.8, 4) is 0 Å². The van der Waals surface area contributed by atoms with E-state index >= 15 is 0 Å². The molecule has 0 unspecified atom stereocenters. The minimum absolute atomic E-state index is 0. The van der Waals surface area contributed by atoms with E-state index in [0.29, 0.717) is 0 Å². The molecular weight excluding hydrogens is 566 g/mol.